The lowest BCUT2D eigenvalue weighted by Gasteiger charge is -2.27. The highest BCUT2D eigenvalue weighted by molar-refractivity contribution is 5.73. The lowest BCUT2D eigenvalue weighted by molar-refractivity contribution is 0.227. The van der Waals surface area contributed by atoms with Crippen molar-refractivity contribution in [3.05, 3.63) is 70.9 Å². The van der Waals surface area contributed by atoms with E-state index >= 15 is 0 Å². The molecule has 2 N–H and O–H groups in total. The van der Waals surface area contributed by atoms with Gasteiger partial charge in [0.2, 0.25) is 0 Å². The number of fused-ring (bicyclic) bond motifs is 7. The molecule has 1 aliphatic carbocycles. The minimum absolute atomic E-state index is 0.227. The molecule has 3 aromatic heterocycles. The number of aryl methyl sites for hydroxylation is 2. The molecule has 0 spiro atoms. The molecule has 1 aliphatic heterocycles. The van der Waals surface area contributed by atoms with Crippen LogP contribution in [0.5, 0.6) is 5.75 Å². The first-order valence-electron chi connectivity index (χ1n) is 11.6. The summed E-state index contributed by atoms with van der Waals surface area (Å²) in [5, 5.41) is 9.69. The number of benzene rings is 1. The molecule has 1 fully saturated rings. The van der Waals surface area contributed by atoms with Crippen molar-refractivity contribution in [1.29, 1.82) is 0 Å². The Morgan fingerprint density at radius 3 is 2.79 bits per heavy atom. The molecule has 2 aliphatic rings. The van der Waals surface area contributed by atoms with E-state index in [1.807, 2.05) is 23.1 Å². The third-order valence-corrected chi connectivity index (χ3v) is 7.05. The maximum atomic E-state index is 6.44. The molecular formula is C26H28N6O. The fraction of sp³-hybridized carbons (Fsp3) is 0.346. The largest absolute Gasteiger partial charge is 0.482 e. The minimum Gasteiger partial charge on any atom is -0.482 e. The maximum absolute atomic E-state index is 6.44. The molecule has 1 aromatic carbocycles. The fourth-order valence-electron chi connectivity index (χ4n) is 5.17. The molecule has 0 unspecified atom stereocenters. The highest BCUT2D eigenvalue weighted by atomic mass is 16.5. The second-order valence-electron chi connectivity index (χ2n) is 9.30. The van der Waals surface area contributed by atoms with E-state index in [1.165, 1.54) is 30.5 Å². The standard InChI is InChI=1S/C26H28N6O/c1-15-7-8-22-20(11-15)16(2)33-23-12-18(14-28-26(23)27)24-21(13-19-9-10-29-32(19)22)30-31(3)25(24)17-5-4-6-17/h7-12,14,16-17H,4-6,13H2,1-3H3,(H2,27,28)/t16-/m1/s1. The zero-order valence-corrected chi connectivity index (χ0v) is 19.2. The SMILES string of the molecule is Cc1ccc2c(c1)[C@@H](C)Oc1cc(cnc1N)-c1c(nn(C)c1C1CCC1)Cc1ccnn1-2. The van der Waals surface area contributed by atoms with Crippen LogP contribution < -0.4 is 10.5 Å². The molecule has 4 heterocycles. The van der Waals surface area contributed by atoms with Crippen molar-refractivity contribution in [2.24, 2.45) is 7.05 Å². The Hall–Kier alpha value is -3.61. The van der Waals surface area contributed by atoms with E-state index in [9.17, 15) is 0 Å². The van der Waals surface area contributed by atoms with E-state index in [4.69, 9.17) is 20.7 Å². The number of nitrogen functional groups attached to an aromatic ring is 1. The number of aromatic nitrogens is 5. The van der Waals surface area contributed by atoms with Crippen LogP contribution in [-0.2, 0) is 13.5 Å². The molecule has 7 heteroatoms. The summed E-state index contributed by atoms with van der Waals surface area (Å²) in [5.74, 6) is 1.52. The van der Waals surface area contributed by atoms with Crippen LogP contribution >= 0.6 is 0 Å². The number of hydrogen-bond donors (Lipinski definition) is 1. The molecule has 2 bridgehead atoms. The highest BCUT2D eigenvalue weighted by Crippen LogP contribution is 2.44. The summed E-state index contributed by atoms with van der Waals surface area (Å²) >= 11 is 0. The van der Waals surface area contributed by atoms with Crippen molar-refractivity contribution >= 4 is 5.82 Å². The summed E-state index contributed by atoms with van der Waals surface area (Å²) < 4.78 is 10.5. The summed E-state index contributed by atoms with van der Waals surface area (Å²) in [6, 6.07) is 10.5. The van der Waals surface area contributed by atoms with Crippen LogP contribution in [0.1, 0.15) is 66.4 Å². The van der Waals surface area contributed by atoms with Gasteiger partial charge in [0.05, 0.1) is 17.1 Å². The van der Waals surface area contributed by atoms with E-state index in [0.717, 1.165) is 33.8 Å². The predicted molar refractivity (Wildman–Crippen MR) is 128 cm³/mol. The van der Waals surface area contributed by atoms with Gasteiger partial charge < -0.3 is 10.5 Å². The van der Waals surface area contributed by atoms with Crippen LogP contribution in [0.3, 0.4) is 0 Å². The van der Waals surface area contributed by atoms with Crippen molar-refractivity contribution in [3.63, 3.8) is 0 Å². The summed E-state index contributed by atoms with van der Waals surface area (Å²) in [7, 11) is 2.05. The van der Waals surface area contributed by atoms with Crippen LogP contribution in [0.15, 0.2) is 42.7 Å². The van der Waals surface area contributed by atoms with Crippen molar-refractivity contribution in [2.75, 3.05) is 5.73 Å². The Labute approximate surface area is 193 Å². The molecule has 0 radical (unpaired) electrons. The monoisotopic (exact) mass is 440 g/mol. The van der Waals surface area contributed by atoms with E-state index in [1.54, 1.807) is 0 Å². The Morgan fingerprint density at radius 2 is 2.00 bits per heavy atom. The van der Waals surface area contributed by atoms with Gasteiger partial charge in [0.1, 0.15) is 6.10 Å². The average Bonchev–Trinajstić information content (AvgIpc) is 3.33. The Kier molecular flexibility index (Phi) is 4.54. The molecule has 6 rings (SSSR count). The quantitative estimate of drug-likeness (QED) is 0.456. The first-order chi connectivity index (χ1) is 16.0. The Morgan fingerprint density at radius 1 is 1.15 bits per heavy atom. The number of hydrogen-bond acceptors (Lipinski definition) is 5. The third-order valence-electron chi connectivity index (χ3n) is 7.05. The van der Waals surface area contributed by atoms with Crippen molar-refractivity contribution in [2.45, 2.75) is 51.6 Å². The van der Waals surface area contributed by atoms with Crippen molar-refractivity contribution < 1.29 is 4.74 Å². The zero-order chi connectivity index (χ0) is 22.7. The number of nitrogens with two attached hydrogens (primary N) is 1. The van der Waals surface area contributed by atoms with Crippen LogP contribution in [0, 0.1) is 6.92 Å². The van der Waals surface area contributed by atoms with Gasteiger partial charge in [-0.2, -0.15) is 10.2 Å². The number of anilines is 1. The second kappa shape index (κ2) is 7.47. The average molecular weight is 441 g/mol. The van der Waals surface area contributed by atoms with Gasteiger partial charge in [-0.05, 0) is 44.9 Å². The number of pyridine rings is 1. The maximum Gasteiger partial charge on any atom is 0.166 e. The van der Waals surface area contributed by atoms with Crippen LogP contribution in [0.25, 0.3) is 16.8 Å². The first-order valence-corrected chi connectivity index (χ1v) is 11.6. The molecule has 1 atom stereocenters. The third kappa shape index (κ3) is 3.22. The minimum atomic E-state index is -0.227. The van der Waals surface area contributed by atoms with Gasteiger partial charge in [-0.15, -0.1) is 0 Å². The van der Waals surface area contributed by atoms with E-state index in [0.29, 0.717) is 23.9 Å². The van der Waals surface area contributed by atoms with Gasteiger partial charge in [-0.25, -0.2) is 9.67 Å². The van der Waals surface area contributed by atoms with E-state index in [2.05, 4.69) is 54.8 Å². The smallest absolute Gasteiger partial charge is 0.166 e. The molecule has 0 saturated heterocycles. The summed E-state index contributed by atoms with van der Waals surface area (Å²) in [6.45, 7) is 4.14. The topological polar surface area (TPSA) is 83.8 Å². The van der Waals surface area contributed by atoms with Gasteiger partial charge in [0, 0.05) is 54.2 Å². The molecular weight excluding hydrogens is 412 g/mol. The van der Waals surface area contributed by atoms with Gasteiger partial charge in [-0.1, -0.05) is 24.1 Å². The number of ether oxygens (including phenoxy) is 1. The highest BCUT2D eigenvalue weighted by Gasteiger charge is 2.30. The van der Waals surface area contributed by atoms with Crippen molar-refractivity contribution in [3.8, 4) is 22.6 Å². The van der Waals surface area contributed by atoms with Crippen molar-refractivity contribution in [1.82, 2.24) is 24.5 Å². The summed E-state index contributed by atoms with van der Waals surface area (Å²) in [4.78, 5) is 4.52. The van der Waals surface area contributed by atoms with Crippen LogP contribution in [0.2, 0.25) is 0 Å². The summed E-state index contributed by atoms with van der Waals surface area (Å²) in [6.07, 6.45) is 7.82. The van der Waals surface area contributed by atoms with E-state index < -0.39 is 0 Å². The van der Waals surface area contributed by atoms with Gasteiger partial charge in [0.25, 0.3) is 0 Å². The molecule has 168 valence electrons. The lowest BCUT2D eigenvalue weighted by atomic mass is 9.80. The molecule has 7 nitrogen and oxygen atoms in total. The van der Waals surface area contributed by atoms with E-state index in [-0.39, 0.29) is 6.10 Å². The lowest BCUT2D eigenvalue weighted by Crippen LogP contribution is -2.14. The Bertz CT molecular complexity index is 1360. The second-order valence-corrected chi connectivity index (χ2v) is 9.30. The molecule has 1 saturated carbocycles. The fourth-order valence-corrected chi connectivity index (χ4v) is 5.17. The molecule has 0 amide bonds. The molecule has 33 heavy (non-hydrogen) atoms. The van der Waals surface area contributed by atoms with Crippen LogP contribution in [-0.4, -0.2) is 24.5 Å². The summed E-state index contributed by atoms with van der Waals surface area (Å²) in [5.41, 5.74) is 15.1. The van der Waals surface area contributed by atoms with Crippen LogP contribution in [0.4, 0.5) is 5.82 Å². The molecule has 4 aromatic rings. The number of rotatable bonds is 1. The van der Waals surface area contributed by atoms with Gasteiger partial charge in [0.15, 0.2) is 11.6 Å². The Balaban J connectivity index is 1.62. The number of nitrogens with zero attached hydrogens (tertiary/aromatic N) is 5. The predicted octanol–water partition coefficient (Wildman–Crippen LogP) is 4.87. The van der Waals surface area contributed by atoms with Gasteiger partial charge in [-0.3, -0.25) is 4.68 Å². The van der Waals surface area contributed by atoms with Gasteiger partial charge >= 0.3 is 0 Å². The first kappa shape index (κ1) is 20.0. The zero-order valence-electron chi connectivity index (χ0n) is 19.2. The normalized spacial score (nSPS) is 17.6.